The van der Waals surface area contributed by atoms with Crippen LogP contribution >= 0.6 is 0 Å². The standard InChI is InChI=1S/C13H19NO3/c1-14-7-10(8-14)9-5-11(15-2)13(17-4)12(6-9)16-3/h5-6,10H,7-8H2,1-4H3. The summed E-state index contributed by atoms with van der Waals surface area (Å²) in [6, 6.07) is 4.08. The largest absolute Gasteiger partial charge is 0.493 e. The van der Waals surface area contributed by atoms with Crippen LogP contribution in [0.4, 0.5) is 0 Å². The molecule has 0 spiro atoms. The van der Waals surface area contributed by atoms with Crippen molar-refractivity contribution >= 4 is 0 Å². The monoisotopic (exact) mass is 237 g/mol. The van der Waals surface area contributed by atoms with Crippen molar-refractivity contribution in [1.82, 2.24) is 4.90 Å². The number of benzene rings is 1. The highest BCUT2D eigenvalue weighted by molar-refractivity contribution is 5.54. The first-order valence-corrected chi connectivity index (χ1v) is 5.68. The molecular weight excluding hydrogens is 218 g/mol. The Hall–Kier alpha value is -1.42. The molecule has 0 aliphatic carbocycles. The number of hydrogen-bond donors (Lipinski definition) is 0. The van der Waals surface area contributed by atoms with Gasteiger partial charge in [0.15, 0.2) is 11.5 Å². The summed E-state index contributed by atoms with van der Waals surface area (Å²) in [5.74, 6) is 2.69. The van der Waals surface area contributed by atoms with E-state index in [2.05, 4.69) is 11.9 Å². The Kier molecular flexibility index (Phi) is 3.43. The summed E-state index contributed by atoms with van der Waals surface area (Å²) >= 11 is 0. The number of likely N-dealkylation sites (tertiary alicyclic amines) is 1. The second kappa shape index (κ2) is 4.84. The van der Waals surface area contributed by atoms with E-state index in [-0.39, 0.29) is 0 Å². The van der Waals surface area contributed by atoms with E-state index in [0.717, 1.165) is 24.6 Å². The zero-order valence-electron chi connectivity index (χ0n) is 10.8. The van der Waals surface area contributed by atoms with E-state index < -0.39 is 0 Å². The van der Waals surface area contributed by atoms with E-state index in [1.165, 1.54) is 5.56 Å². The van der Waals surface area contributed by atoms with E-state index >= 15 is 0 Å². The number of hydrogen-bond acceptors (Lipinski definition) is 4. The molecule has 0 unspecified atom stereocenters. The highest BCUT2D eigenvalue weighted by atomic mass is 16.5. The van der Waals surface area contributed by atoms with Gasteiger partial charge in [0.2, 0.25) is 5.75 Å². The highest BCUT2D eigenvalue weighted by Gasteiger charge is 2.27. The number of methoxy groups -OCH3 is 3. The molecule has 1 aromatic rings. The Bertz CT molecular complexity index is 375. The van der Waals surface area contributed by atoms with E-state index in [0.29, 0.717) is 11.7 Å². The van der Waals surface area contributed by atoms with Crippen LogP contribution in [0.1, 0.15) is 11.5 Å². The second-order valence-corrected chi connectivity index (χ2v) is 4.38. The fourth-order valence-corrected chi connectivity index (χ4v) is 2.25. The first-order valence-electron chi connectivity index (χ1n) is 5.68. The molecule has 4 nitrogen and oxygen atoms in total. The van der Waals surface area contributed by atoms with Gasteiger partial charge in [0.05, 0.1) is 21.3 Å². The summed E-state index contributed by atoms with van der Waals surface area (Å²) in [6.07, 6.45) is 0. The fourth-order valence-electron chi connectivity index (χ4n) is 2.25. The maximum absolute atomic E-state index is 5.35. The number of ether oxygens (including phenoxy) is 3. The maximum atomic E-state index is 5.35. The summed E-state index contributed by atoms with van der Waals surface area (Å²) in [5, 5.41) is 0. The minimum atomic E-state index is 0.564. The van der Waals surface area contributed by atoms with E-state index in [1.807, 2.05) is 12.1 Å². The number of nitrogens with zero attached hydrogens (tertiary/aromatic N) is 1. The molecule has 0 saturated carbocycles. The lowest BCUT2D eigenvalue weighted by atomic mass is 9.91. The predicted octanol–water partition coefficient (Wildman–Crippen LogP) is 1.74. The second-order valence-electron chi connectivity index (χ2n) is 4.38. The topological polar surface area (TPSA) is 30.9 Å². The normalized spacial score (nSPS) is 16.5. The van der Waals surface area contributed by atoms with Gasteiger partial charge < -0.3 is 19.1 Å². The minimum absolute atomic E-state index is 0.564. The zero-order valence-corrected chi connectivity index (χ0v) is 10.8. The molecule has 0 aromatic heterocycles. The average Bonchev–Trinajstić information content (AvgIpc) is 2.33. The predicted molar refractivity (Wildman–Crippen MR) is 66.3 cm³/mol. The van der Waals surface area contributed by atoms with Gasteiger partial charge in [-0.05, 0) is 24.7 Å². The van der Waals surface area contributed by atoms with Gasteiger partial charge in [-0.1, -0.05) is 0 Å². The summed E-state index contributed by atoms with van der Waals surface area (Å²) < 4.78 is 16.0. The third-order valence-corrected chi connectivity index (χ3v) is 3.22. The number of likely N-dealkylation sites (N-methyl/N-ethyl adjacent to an activating group) is 1. The molecule has 0 amide bonds. The molecule has 1 heterocycles. The average molecular weight is 237 g/mol. The van der Waals surface area contributed by atoms with E-state index in [4.69, 9.17) is 14.2 Å². The molecule has 94 valence electrons. The molecule has 0 N–H and O–H groups in total. The molecular formula is C13H19NO3. The van der Waals surface area contributed by atoms with Gasteiger partial charge in [-0.3, -0.25) is 0 Å². The number of rotatable bonds is 4. The Balaban J connectivity index is 2.35. The fraction of sp³-hybridized carbons (Fsp3) is 0.538. The molecule has 1 saturated heterocycles. The molecule has 17 heavy (non-hydrogen) atoms. The minimum Gasteiger partial charge on any atom is -0.493 e. The van der Waals surface area contributed by atoms with Crippen LogP contribution in [0, 0.1) is 0 Å². The van der Waals surface area contributed by atoms with Gasteiger partial charge in [-0.15, -0.1) is 0 Å². The highest BCUT2D eigenvalue weighted by Crippen LogP contribution is 2.41. The third kappa shape index (κ3) is 2.17. The Labute approximate surface area is 102 Å². The van der Waals surface area contributed by atoms with Crippen molar-refractivity contribution in [2.24, 2.45) is 0 Å². The zero-order chi connectivity index (χ0) is 12.4. The quantitative estimate of drug-likeness (QED) is 0.798. The van der Waals surface area contributed by atoms with E-state index in [1.54, 1.807) is 21.3 Å². The van der Waals surface area contributed by atoms with Gasteiger partial charge in [0, 0.05) is 19.0 Å². The molecule has 0 atom stereocenters. The van der Waals surface area contributed by atoms with Crippen LogP contribution in [-0.4, -0.2) is 46.4 Å². The van der Waals surface area contributed by atoms with Crippen LogP contribution in [0.2, 0.25) is 0 Å². The maximum Gasteiger partial charge on any atom is 0.203 e. The molecule has 1 fully saturated rings. The van der Waals surface area contributed by atoms with Crippen molar-refractivity contribution in [1.29, 1.82) is 0 Å². The summed E-state index contributed by atoms with van der Waals surface area (Å²) in [4.78, 5) is 2.29. The molecule has 1 aromatic carbocycles. The van der Waals surface area contributed by atoms with Crippen molar-refractivity contribution in [3.8, 4) is 17.2 Å². The molecule has 1 aliphatic rings. The van der Waals surface area contributed by atoms with Crippen LogP contribution in [0.5, 0.6) is 17.2 Å². The first kappa shape index (κ1) is 12.0. The summed E-state index contributed by atoms with van der Waals surface area (Å²) in [7, 11) is 7.04. The Morgan fingerprint density at radius 3 is 1.88 bits per heavy atom. The lowest BCUT2D eigenvalue weighted by molar-refractivity contribution is 0.189. The van der Waals surface area contributed by atoms with Crippen LogP contribution < -0.4 is 14.2 Å². The SMILES string of the molecule is COc1cc(C2CN(C)C2)cc(OC)c1OC. The van der Waals surface area contributed by atoms with Gasteiger partial charge in [-0.2, -0.15) is 0 Å². The van der Waals surface area contributed by atoms with Crippen LogP contribution in [0.25, 0.3) is 0 Å². The van der Waals surface area contributed by atoms with Crippen molar-refractivity contribution in [2.75, 3.05) is 41.5 Å². The van der Waals surface area contributed by atoms with Gasteiger partial charge in [-0.25, -0.2) is 0 Å². The van der Waals surface area contributed by atoms with Crippen LogP contribution in [0.15, 0.2) is 12.1 Å². The van der Waals surface area contributed by atoms with E-state index in [9.17, 15) is 0 Å². The van der Waals surface area contributed by atoms with Gasteiger partial charge >= 0.3 is 0 Å². The van der Waals surface area contributed by atoms with Crippen molar-refractivity contribution in [3.63, 3.8) is 0 Å². The van der Waals surface area contributed by atoms with Crippen molar-refractivity contribution in [2.45, 2.75) is 5.92 Å². The lowest BCUT2D eigenvalue weighted by Crippen LogP contribution is -2.41. The van der Waals surface area contributed by atoms with Crippen LogP contribution in [0.3, 0.4) is 0 Å². The smallest absolute Gasteiger partial charge is 0.203 e. The molecule has 0 bridgehead atoms. The molecule has 2 rings (SSSR count). The van der Waals surface area contributed by atoms with Gasteiger partial charge in [0.25, 0.3) is 0 Å². The van der Waals surface area contributed by atoms with Crippen molar-refractivity contribution < 1.29 is 14.2 Å². The Morgan fingerprint density at radius 2 is 1.53 bits per heavy atom. The molecule has 4 heteroatoms. The lowest BCUT2D eigenvalue weighted by Gasteiger charge is -2.36. The summed E-state index contributed by atoms with van der Waals surface area (Å²) in [5.41, 5.74) is 1.25. The first-order chi connectivity index (χ1) is 8.19. The summed E-state index contributed by atoms with van der Waals surface area (Å²) in [6.45, 7) is 2.16. The Morgan fingerprint density at radius 1 is 1.00 bits per heavy atom. The van der Waals surface area contributed by atoms with Crippen molar-refractivity contribution in [3.05, 3.63) is 17.7 Å². The molecule has 1 aliphatic heterocycles. The van der Waals surface area contributed by atoms with Gasteiger partial charge in [0.1, 0.15) is 0 Å². The molecule has 0 radical (unpaired) electrons. The van der Waals surface area contributed by atoms with Crippen LogP contribution in [-0.2, 0) is 0 Å². The third-order valence-electron chi connectivity index (χ3n) is 3.22.